The van der Waals surface area contributed by atoms with Crippen molar-refractivity contribution in [3.8, 4) is 6.07 Å². The molecular formula is C23H25Cl2N5O. The molecule has 0 spiro atoms. The minimum atomic E-state index is -0.111. The molecule has 1 aromatic carbocycles. The molecule has 3 rings (SSSR count). The fourth-order valence-corrected chi connectivity index (χ4v) is 3.74. The molecule has 31 heavy (non-hydrogen) atoms. The first-order chi connectivity index (χ1) is 14.9. The van der Waals surface area contributed by atoms with E-state index in [0.717, 1.165) is 29.9 Å². The van der Waals surface area contributed by atoms with Gasteiger partial charge in [0.15, 0.2) is 0 Å². The van der Waals surface area contributed by atoms with Crippen LogP contribution in [0.15, 0.2) is 48.4 Å². The molecule has 1 aliphatic carbocycles. The lowest BCUT2D eigenvalue weighted by molar-refractivity contribution is -0.120. The first-order valence-electron chi connectivity index (χ1n) is 10.2. The Labute approximate surface area is 192 Å². The van der Waals surface area contributed by atoms with Gasteiger partial charge in [0.1, 0.15) is 11.9 Å². The van der Waals surface area contributed by atoms with Crippen LogP contribution in [-0.4, -0.2) is 24.0 Å². The number of benzene rings is 1. The van der Waals surface area contributed by atoms with Crippen LogP contribution in [0.25, 0.3) is 0 Å². The average Bonchev–Trinajstić information content (AvgIpc) is 3.56. The fraction of sp³-hybridized carbons (Fsp3) is 0.348. The molecule has 1 heterocycles. The number of nitrogens with one attached hydrogen (secondary N) is 2. The summed E-state index contributed by atoms with van der Waals surface area (Å²) in [6, 6.07) is 11.3. The highest BCUT2D eigenvalue weighted by atomic mass is 35.5. The highest BCUT2D eigenvalue weighted by Gasteiger charge is 2.43. The van der Waals surface area contributed by atoms with Gasteiger partial charge in [-0.2, -0.15) is 5.26 Å². The molecule has 2 N–H and O–H groups in total. The molecule has 0 aliphatic heterocycles. The van der Waals surface area contributed by atoms with Gasteiger partial charge in [-0.15, -0.1) is 0 Å². The second-order valence-electron chi connectivity index (χ2n) is 7.50. The van der Waals surface area contributed by atoms with E-state index < -0.39 is 0 Å². The molecule has 0 saturated heterocycles. The number of nitrogens with zero attached hydrogens (tertiary/aromatic N) is 3. The number of hydrogen-bond acceptors (Lipinski definition) is 5. The SMILES string of the molecule is CCN(/C(C)=C/NC(=O)CCNC1(c2ccc(Cl)c(Cl)c2)CC1)c1ccc(C#N)cn1. The van der Waals surface area contributed by atoms with Crippen molar-refractivity contribution in [3.63, 3.8) is 0 Å². The molecule has 1 aliphatic rings. The van der Waals surface area contributed by atoms with Gasteiger partial charge in [-0.1, -0.05) is 29.3 Å². The second-order valence-corrected chi connectivity index (χ2v) is 8.32. The summed E-state index contributed by atoms with van der Waals surface area (Å²) in [6.45, 7) is 5.16. The molecule has 162 valence electrons. The van der Waals surface area contributed by atoms with E-state index in [1.54, 1.807) is 18.3 Å². The van der Waals surface area contributed by atoms with E-state index in [9.17, 15) is 4.79 Å². The minimum absolute atomic E-state index is 0.0689. The smallest absolute Gasteiger partial charge is 0.225 e. The molecule has 2 aromatic rings. The van der Waals surface area contributed by atoms with Gasteiger partial charge in [0, 0.05) is 43.1 Å². The molecule has 1 amide bonds. The number of carbonyl (C=O) groups excluding carboxylic acids is 1. The lowest BCUT2D eigenvalue weighted by Gasteiger charge is -2.22. The lowest BCUT2D eigenvalue weighted by Crippen LogP contribution is -2.33. The van der Waals surface area contributed by atoms with Crippen molar-refractivity contribution < 1.29 is 4.79 Å². The number of halogens is 2. The Morgan fingerprint density at radius 3 is 2.65 bits per heavy atom. The maximum atomic E-state index is 12.3. The molecule has 0 atom stereocenters. The van der Waals surface area contributed by atoms with Crippen LogP contribution < -0.4 is 15.5 Å². The zero-order valence-corrected chi connectivity index (χ0v) is 19.1. The molecule has 8 heteroatoms. The van der Waals surface area contributed by atoms with Crippen molar-refractivity contribution in [2.75, 3.05) is 18.0 Å². The van der Waals surface area contributed by atoms with Crippen LogP contribution in [0.5, 0.6) is 0 Å². The summed E-state index contributed by atoms with van der Waals surface area (Å²) in [6.07, 6.45) is 5.60. The molecule has 0 unspecified atom stereocenters. The average molecular weight is 458 g/mol. The zero-order valence-electron chi connectivity index (χ0n) is 17.6. The number of anilines is 1. The van der Waals surface area contributed by atoms with E-state index in [1.807, 2.05) is 36.9 Å². The van der Waals surface area contributed by atoms with Crippen LogP contribution in [0.1, 0.15) is 44.2 Å². The van der Waals surface area contributed by atoms with E-state index in [1.165, 1.54) is 6.20 Å². The molecule has 0 radical (unpaired) electrons. The van der Waals surface area contributed by atoms with Gasteiger partial charge in [0.25, 0.3) is 0 Å². The minimum Gasteiger partial charge on any atom is -0.331 e. The largest absolute Gasteiger partial charge is 0.331 e. The normalized spacial score (nSPS) is 14.6. The Bertz CT molecular complexity index is 1010. The summed E-state index contributed by atoms with van der Waals surface area (Å²) in [5.74, 6) is 0.657. The number of aromatic nitrogens is 1. The summed E-state index contributed by atoms with van der Waals surface area (Å²) in [4.78, 5) is 18.6. The molecule has 6 nitrogen and oxygen atoms in total. The standard InChI is InChI=1S/C23H25Cl2N5O/c1-3-30(21-7-4-17(13-26)15-27-21)16(2)14-28-22(31)8-11-29-23(9-10-23)18-5-6-19(24)20(25)12-18/h4-7,12,14-15,29H,3,8-11H2,1-2H3,(H,28,31)/b16-14+. The number of nitriles is 1. The number of pyridine rings is 1. The summed E-state index contributed by atoms with van der Waals surface area (Å²) in [7, 11) is 0. The molecule has 1 aromatic heterocycles. The van der Waals surface area contributed by atoms with Gasteiger partial charge in [0.2, 0.25) is 5.91 Å². The predicted molar refractivity (Wildman–Crippen MR) is 124 cm³/mol. The Kier molecular flexibility index (Phi) is 7.55. The van der Waals surface area contributed by atoms with Crippen molar-refractivity contribution in [2.45, 2.75) is 38.6 Å². The van der Waals surface area contributed by atoms with Gasteiger partial charge >= 0.3 is 0 Å². The fourth-order valence-electron chi connectivity index (χ4n) is 3.44. The summed E-state index contributed by atoms with van der Waals surface area (Å²) in [5.41, 5.74) is 2.36. The summed E-state index contributed by atoms with van der Waals surface area (Å²) in [5, 5.41) is 16.3. The third-order valence-electron chi connectivity index (χ3n) is 5.38. The molecule has 1 saturated carbocycles. The van der Waals surface area contributed by atoms with E-state index in [4.69, 9.17) is 28.5 Å². The first-order valence-corrected chi connectivity index (χ1v) is 10.9. The van der Waals surface area contributed by atoms with Crippen LogP contribution in [-0.2, 0) is 10.3 Å². The van der Waals surface area contributed by atoms with Gasteiger partial charge < -0.3 is 15.5 Å². The molecular weight excluding hydrogens is 433 g/mol. The summed E-state index contributed by atoms with van der Waals surface area (Å²) < 4.78 is 0. The van der Waals surface area contributed by atoms with Crippen LogP contribution in [0.2, 0.25) is 10.0 Å². The van der Waals surface area contributed by atoms with Crippen LogP contribution in [0.4, 0.5) is 5.82 Å². The number of carbonyl (C=O) groups is 1. The van der Waals surface area contributed by atoms with E-state index in [0.29, 0.717) is 35.1 Å². The number of amides is 1. The van der Waals surface area contributed by atoms with E-state index >= 15 is 0 Å². The third-order valence-corrected chi connectivity index (χ3v) is 6.11. The summed E-state index contributed by atoms with van der Waals surface area (Å²) >= 11 is 12.2. The Morgan fingerprint density at radius 2 is 2.06 bits per heavy atom. The van der Waals surface area contributed by atoms with Crippen LogP contribution >= 0.6 is 23.2 Å². The third kappa shape index (κ3) is 5.76. The highest BCUT2D eigenvalue weighted by Crippen LogP contribution is 2.46. The number of hydrogen-bond donors (Lipinski definition) is 2. The van der Waals surface area contributed by atoms with Gasteiger partial charge in [-0.3, -0.25) is 4.79 Å². The van der Waals surface area contributed by atoms with Crippen LogP contribution in [0, 0.1) is 11.3 Å². The quantitative estimate of drug-likeness (QED) is 0.568. The van der Waals surface area contributed by atoms with Gasteiger partial charge in [0.05, 0.1) is 15.6 Å². The number of rotatable bonds is 9. The van der Waals surface area contributed by atoms with Crippen molar-refractivity contribution in [2.24, 2.45) is 0 Å². The Balaban J connectivity index is 1.51. The van der Waals surface area contributed by atoms with E-state index in [-0.39, 0.29) is 11.4 Å². The maximum Gasteiger partial charge on any atom is 0.225 e. The maximum absolute atomic E-state index is 12.3. The lowest BCUT2D eigenvalue weighted by atomic mass is 10.0. The van der Waals surface area contributed by atoms with E-state index in [2.05, 4.69) is 21.7 Å². The van der Waals surface area contributed by atoms with Gasteiger partial charge in [-0.05, 0) is 56.5 Å². The highest BCUT2D eigenvalue weighted by molar-refractivity contribution is 6.42. The molecule has 1 fully saturated rings. The first kappa shape index (κ1) is 23.1. The van der Waals surface area contributed by atoms with Crippen molar-refractivity contribution in [3.05, 3.63) is 69.6 Å². The topological polar surface area (TPSA) is 81.0 Å². The van der Waals surface area contributed by atoms with Crippen molar-refractivity contribution >= 4 is 34.9 Å². The molecule has 0 bridgehead atoms. The Morgan fingerprint density at radius 1 is 1.29 bits per heavy atom. The zero-order chi connectivity index (χ0) is 22.4. The van der Waals surface area contributed by atoms with Crippen LogP contribution in [0.3, 0.4) is 0 Å². The Hall–Kier alpha value is -2.59. The predicted octanol–water partition coefficient (Wildman–Crippen LogP) is 4.73. The monoisotopic (exact) mass is 457 g/mol. The number of allylic oxidation sites excluding steroid dienone is 1. The van der Waals surface area contributed by atoms with Crippen molar-refractivity contribution in [1.82, 2.24) is 15.6 Å². The van der Waals surface area contributed by atoms with Crippen molar-refractivity contribution in [1.29, 1.82) is 5.26 Å². The second kappa shape index (κ2) is 10.1. The van der Waals surface area contributed by atoms with Gasteiger partial charge in [-0.25, -0.2) is 4.98 Å².